The molecule has 0 aliphatic heterocycles. The summed E-state index contributed by atoms with van der Waals surface area (Å²) in [6.07, 6.45) is 6.84. The zero-order valence-corrected chi connectivity index (χ0v) is 18.1. The summed E-state index contributed by atoms with van der Waals surface area (Å²) in [7, 11) is 1.55. The summed E-state index contributed by atoms with van der Waals surface area (Å²) in [6, 6.07) is 14.3. The van der Waals surface area contributed by atoms with Gasteiger partial charge in [-0.25, -0.2) is 9.59 Å². The van der Waals surface area contributed by atoms with Crippen LogP contribution in [0, 0.1) is 17.8 Å². The normalized spacial score (nSPS) is 28.1. The van der Waals surface area contributed by atoms with Crippen LogP contribution in [-0.4, -0.2) is 18.7 Å². The smallest absolute Gasteiger partial charge is 0.344 e. The number of para-hydroxylation sites is 1. The Bertz CT molecular complexity index is 1240. The maximum Gasteiger partial charge on any atom is 0.344 e. The fourth-order valence-corrected chi connectivity index (χ4v) is 6.71. The molecule has 3 aromatic rings. The number of carbonyl (C=O) groups is 1. The summed E-state index contributed by atoms with van der Waals surface area (Å²) >= 11 is 0. The molecule has 1 heterocycles. The molecule has 4 saturated carbocycles. The summed E-state index contributed by atoms with van der Waals surface area (Å²) in [5.41, 5.74) is 1.08. The van der Waals surface area contributed by atoms with Crippen LogP contribution in [0.2, 0.25) is 0 Å². The molecule has 4 aliphatic rings. The van der Waals surface area contributed by atoms with Crippen LogP contribution in [0.3, 0.4) is 0 Å². The van der Waals surface area contributed by atoms with Crippen LogP contribution in [0.4, 0.5) is 0 Å². The number of esters is 1. The monoisotopic (exact) mass is 430 g/mol. The van der Waals surface area contributed by atoms with Crippen molar-refractivity contribution in [2.75, 3.05) is 7.11 Å². The summed E-state index contributed by atoms with van der Waals surface area (Å²) in [5.74, 6) is 2.29. The van der Waals surface area contributed by atoms with Crippen LogP contribution in [0.5, 0.6) is 5.75 Å². The van der Waals surface area contributed by atoms with Gasteiger partial charge < -0.3 is 13.9 Å². The van der Waals surface area contributed by atoms with E-state index in [0.717, 1.165) is 24.6 Å². The molecule has 0 amide bonds. The van der Waals surface area contributed by atoms with E-state index >= 15 is 0 Å². The second-order valence-corrected chi connectivity index (χ2v) is 9.89. The largest absolute Gasteiger partial charge is 0.496 e. The van der Waals surface area contributed by atoms with Gasteiger partial charge in [0, 0.05) is 10.9 Å². The van der Waals surface area contributed by atoms with Gasteiger partial charge >= 0.3 is 11.6 Å². The van der Waals surface area contributed by atoms with Crippen molar-refractivity contribution in [2.45, 2.75) is 44.1 Å². The molecule has 164 valence electrons. The Kier molecular flexibility index (Phi) is 4.42. The van der Waals surface area contributed by atoms with Crippen molar-refractivity contribution in [3.05, 3.63) is 64.5 Å². The van der Waals surface area contributed by atoms with E-state index in [1.807, 2.05) is 18.2 Å². The van der Waals surface area contributed by atoms with Crippen LogP contribution < -0.4 is 10.4 Å². The Hall–Kier alpha value is -3.08. The molecule has 0 saturated heterocycles. The molecule has 4 fully saturated rings. The Labute approximate surface area is 186 Å². The van der Waals surface area contributed by atoms with E-state index in [0.29, 0.717) is 45.8 Å². The van der Waals surface area contributed by atoms with Gasteiger partial charge in [0.25, 0.3) is 0 Å². The minimum Gasteiger partial charge on any atom is -0.496 e. The van der Waals surface area contributed by atoms with E-state index in [2.05, 4.69) is 0 Å². The predicted octanol–water partition coefficient (Wildman–Crippen LogP) is 5.59. The Morgan fingerprint density at radius 2 is 1.62 bits per heavy atom. The molecule has 5 heteroatoms. The van der Waals surface area contributed by atoms with E-state index in [4.69, 9.17) is 13.9 Å². The van der Waals surface area contributed by atoms with Crippen molar-refractivity contribution in [1.82, 2.24) is 0 Å². The fourth-order valence-electron chi connectivity index (χ4n) is 6.71. The number of hydrogen-bond donors (Lipinski definition) is 0. The van der Waals surface area contributed by atoms with Crippen molar-refractivity contribution in [1.29, 1.82) is 0 Å². The molecular formula is C27H26O5. The molecule has 0 unspecified atom stereocenters. The molecule has 7 rings (SSSR count). The maximum absolute atomic E-state index is 13.2. The van der Waals surface area contributed by atoms with Gasteiger partial charge in [-0.1, -0.05) is 18.2 Å². The molecule has 1 aromatic heterocycles. The molecular weight excluding hydrogens is 404 g/mol. The van der Waals surface area contributed by atoms with Crippen molar-refractivity contribution in [3.63, 3.8) is 0 Å². The topological polar surface area (TPSA) is 65.7 Å². The fraction of sp³-hybridized carbons (Fsp3) is 0.407. The third-order valence-corrected chi connectivity index (χ3v) is 7.66. The van der Waals surface area contributed by atoms with Gasteiger partial charge in [-0.15, -0.1) is 0 Å². The number of hydrogen-bond acceptors (Lipinski definition) is 5. The number of benzene rings is 2. The zero-order chi connectivity index (χ0) is 21.9. The van der Waals surface area contributed by atoms with Crippen LogP contribution in [0.1, 0.15) is 48.9 Å². The first-order chi connectivity index (χ1) is 15.5. The first-order valence-corrected chi connectivity index (χ1v) is 11.5. The average molecular weight is 431 g/mol. The Balaban J connectivity index is 1.36. The van der Waals surface area contributed by atoms with E-state index in [9.17, 15) is 9.59 Å². The third kappa shape index (κ3) is 3.22. The highest BCUT2D eigenvalue weighted by Gasteiger charge is 2.53. The predicted molar refractivity (Wildman–Crippen MR) is 121 cm³/mol. The molecule has 4 bridgehead atoms. The van der Waals surface area contributed by atoms with Gasteiger partial charge in [-0.05, 0) is 86.6 Å². The van der Waals surface area contributed by atoms with Crippen molar-refractivity contribution >= 4 is 16.9 Å². The van der Waals surface area contributed by atoms with Gasteiger partial charge in [-0.2, -0.15) is 0 Å². The number of ether oxygens (including phenoxy) is 2. The van der Waals surface area contributed by atoms with Gasteiger partial charge in [0.05, 0.1) is 18.2 Å². The van der Waals surface area contributed by atoms with Crippen molar-refractivity contribution in [2.24, 2.45) is 17.8 Å². The van der Waals surface area contributed by atoms with Crippen LogP contribution in [0.25, 0.3) is 22.1 Å². The van der Waals surface area contributed by atoms with E-state index in [1.54, 1.807) is 37.4 Å². The lowest BCUT2D eigenvalue weighted by Crippen LogP contribution is -2.52. The molecule has 2 aromatic carbocycles. The van der Waals surface area contributed by atoms with E-state index in [1.165, 1.54) is 19.3 Å². The lowest BCUT2D eigenvalue weighted by Gasteiger charge is -2.55. The lowest BCUT2D eigenvalue weighted by atomic mass is 9.54. The first-order valence-electron chi connectivity index (χ1n) is 11.5. The Morgan fingerprint density at radius 1 is 0.938 bits per heavy atom. The first kappa shape index (κ1) is 19.6. The summed E-state index contributed by atoms with van der Waals surface area (Å²) in [4.78, 5) is 26.0. The number of methoxy groups -OCH3 is 1. The Morgan fingerprint density at radius 3 is 2.31 bits per heavy atom. The highest BCUT2D eigenvalue weighted by atomic mass is 16.6. The second-order valence-electron chi connectivity index (χ2n) is 9.89. The minimum absolute atomic E-state index is 0.312. The van der Waals surface area contributed by atoms with Crippen LogP contribution in [0.15, 0.2) is 57.7 Å². The van der Waals surface area contributed by atoms with Crippen LogP contribution >= 0.6 is 0 Å². The van der Waals surface area contributed by atoms with Gasteiger partial charge in [0.15, 0.2) is 0 Å². The quantitative estimate of drug-likeness (QED) is 0.398. The van der Waals surface area contributed by atoms with Crippen molar-refractivity contribution < 1.29 is 18.7 Å². The maximum atomic E-state index is 13.2. The van der Waals surface area contributed by atoms with Gasteiger partial charge in [0.1, 0.15) is 16.9 Å². The van der Waals surface area contributed by atoms with Crippen molar-refractivity contribution in [3.8, 4) is 16.9 Å². The molecule has 5 nitrogen and oxygen atoms in total. The van der Waals surface area contributed by atoms with Gasteiger partial charge in [0.2, 0.25) is 0 Å². The molecule has 32 heavy (non-hydrogen) atoms. The SMILES string of the molecule is COc1ccc(C(=O)OC23CC4CC(CC(C4)C2)C3)cc1-c1cc2ccccc2oc1=O. The lowest BCUT2D eigenvalue weighted by molar-refractivity contribution is -0.131. The summed E-state index contributed by atoms with van der Waals surface area (Å²) in [6.45, 7) is 0. The zero-order valence-electron chi connectivity index (χ0n) is 18.1. The molecule has 0 atom stereocenters. The van der Waals surface area contributed by atoms with E-state index in [-0.39, 0.29) is 11.6 Å². The highest BCUT2D eigenvalue weighted by molar-refractivity contribution is 5.93. The number of carbonyl (C=O) groups excluding carboxylic acids is 1. The molecule has 0 N–H and O–H groups in total. The number of rotatable bonds is 4. The summed E-state index contributed by atoms with van der Waals surface area (Å²) < 4.78 is 17.2. The third-order valence-electron chi connectivity index (χ3n) is 7.66. The summed E-state index contributed by atoms with van der Waals surface area (Å²) in [5, 5.41) is 0.811. The molecule has 0 spiro atoms. The van der Waals surface area contributed by atoms with E-state index < -0.39 is 5.63 Å². The molecule has 4 aliphatic carbocycles. The average Bonchev–Trinajstić information content (AvgIpc) is 2.77. The van der Waals surface area contributed by atoms with Gasteiger partial charge in [-0.3, -0.25) is 0 Å². The standard InChI is InChI=1S/C27H26O5/c1-30-24-7-6-20(12-21(24)22-11-19-4-2-3-5-23(19)31-26(22)29)25(28)32-27-13-16-8-17(14-27)10-18(9-16)15-27/h2-7,11-12,16-18H,8-10,13-15H2,1H3. The highest BCUT2D eigenvalue weighted by Crippen LogP contribution is 2.57. The molecule has 0 radical (unpaired) electrons. The minimum atomic E-state index is -0.464. The number of fused-ring (bicyclic) bond motifs is 1. The van der Waals surface area contributed by atoms with Crippen LogP contribution in [-0.2, 0) is 4.74 Å². The second kappa shape index (κ2) is 7.22.